The van der Waals surface area contributed by atoms with Gasteiger partial charge in [-0.25, -0.2) is 9.78 Å². The molecular weight excluding hydrogens is 336 g/mol. The maximum absolute atomic E-state index is 12.8. The first-order chi connectivity index (χ1) is 12.0. The fourth-order valence-electron chi connectivity index (χ4n) is 3.47. The number of amides is 1. The molecule has 0 fully saturated rings. The Bertz CT molecular complexity index is 821. The monoisotopic (exact) mass is 356 g/mol. The van der Waals surface area contributed by atoms with Crippen molar-refractivity contribution in [3.8, 4) is 0 Å². The summed E-state index contributed by atoms with van der Waals surface area (Å²) in [5, 5.41) is 3.48. The fraction of sp³-hybridized carbons (Fsp3) is 0.421. The van der Waals surface area contributed by atoms with Gasteiger partial charge >= 0.3 is 5.97 Å². The predicted octanol–water partition coefficient (Wildman–Crippen LogP) is 3.52. The number of thiazole rings is 1. The van der Waals surface area contributed by atoms with Gasteiger partial charge in [0, 0.05) is 11.3 Å². The van der Waals surface area contributed by atoms with Gasteiger partial charge in [0.15, 0.2) is 10.7 Å². The fourth-order valence-corrected chi connectivity index (χ4v) is 4.52. The van der Waals surface area contributed by atoms with Crippen molar-refractivity contribution in [1.29, 1.82) is 0 Å². The normalized spacial score (nSPS) is 22.4. The molecule has 5 nitrogen and oxygen atoms in total. The summed E-state index contributed by atoms with van der Waals surface area (Å²) in [6.45, 7) is 1.66. The lowest BCUT2D eigenvalue weighted by Gasteiger charge is -2.32. The third kappa shape index (κ3) is 3.06. The van der Waals surface area contributed by atoms with Crippen molar-refractivity contribution >= 4 is 28.3 Å². The molecule has 4 rings (SSSR count). The first kappa shape index (κ1) is 16.3. The Morgan fingerprint density at radius 3 is 2.92 bits per heavy atom. The number of cyclic esters (lactones) is 1. The molecule has 1 unspecified atom stereocenters. The van der Waals surface area contributed by atoms with E-state index in [4.69, 9.17) is 4.74 Å². The van der Waals surface area contributed by atoms with Crippen LogP contribution in [0.5, 0.6) is 0 Å². The minimum atomic E-state index is -1.21. The van der Waals surface area contributed by atoms with Gasteiger partial charge in [0.25, 0.3) is 5.91 Å². The number of fused-ring (bicyclic) bond motifs is 2. The van der Waals surface area contributed by atoms with Crippen molar-refractivity contribution in [1.82, 2.24) is 4.98 Å². The molecule has 1 atom stereocenters. The smallest absolute Gasteiger partial charge is 0.339 e. The van der Waals surface area contributed by atoms with Gasteiger partial charge in [0.2, 0.25) is 0 Å². The lowest BCUT2D eigenvalue weighted by Crippen LogP contribution is -2.48. The number of carbonyl (C=O) groups excluding carboxylic acids is 2. The molecular formula is C19H20N2O3S. The van der Waals surface area contributed by atoms with Crippen LogP contribution >= 0.6 is 11.3 Å². The lowest BCUT2D eigenvalue weighted by molar-refractivity contribution is -0.134. The van der Waals surface area contributed by atoms with Gasteiger partial charge < -0.3 is 4.74 Å². The molecule has 1 aromatic heterocycles. The summed E-state index contributed by atoms with van der Waals surface area (Å²) in [4.78, 5) is 30.9. The van der Waals surface area contributed by atoms with Gasteiger partial charge in [-0.15, -0.1) is 11.3 Å². The minimum absolute atomic E-state index is 0.320. The molecule has 0 spiro atoms. The van der Waals surface area contributed by atoms with E-state index in [1.807, 2.05) is 12.1 Å². The van der Waals surface area contributed by atoms with Gasteiger partial charge in [-0.2, -0.15) is 0 Å². The average Bonchev–Trinajstić information content (AvgIpc) is 2.83. The number of hydrogen-bond acceptors (Lipinski definition) is 5. The zero-order valence-corrected chi connectivity index (χ0v) is 14.9. The predicted molar refractivity (Wildman–Crippen MR) is 96.0 cm³/mol. The molecule has 130 valence electrons. The van der Waals surface area contributed by atoms with Crippen LogP contribution in [0.3, 0.4) is 0 Å². The number of aromatic nitrogens is 1. The van der Waals surface area contributed by atoms with Crippen molar-refractivity contribution in [2.24, 2.45) is 0 Å². The van der Waals surface area contributed by atoms with Crippen molar-refractivity contribution in [2.45, 2.75) is 51.0 Å². The lowest BCUT2D eigenvalue weighted by atomic mass is 9.89. The van der Waals surface area contributed by atoms with Crippen molar-refractivity contribution in [3.05, 3.63) is 46.0 Å². The van der Waals surface area contributed by atoms with E-state index in [0.717, 1.165) is 30.5 Å². The number of aryl methyl sites for hydroxylation is 2. The van der Waals surface area contributed by atoms with Crippen LogP contribution in [0.25, 0.3) is 0 Å². The van der Waals surface area contributed by atoms with Crippen LogP contribution in [0.15, 0.2) is 24.3 Å². The van der Waals surface area contributed by atoms with E-state index in [1.165, 1.54) is 17.7 Å². The zero-order chi connectivity index (χ0) is 17.4. The Hall–Kier alpha value is -2.21. The summed E-state index contributed by atoms with van der Waals surface area (Å²) in [5.74, 6) is -0.770. The highest BCUT2D eigenvalue weighted by molar-refractivity contribution is 7.15. The highest BCUT2D eigenvalue weighted by Gasteiger charge is 2.43. The highest BCUT2D eigenvalue weighted by Crippen LogP contribution is 2.32. The highest BCUT2D eigenvalue weighted by atomic mass is 32.1. The van der Waals surface area contributed by atoms with Gasteiger partial charge in [0.1, 0.15) is 0 Å². The maximum Gasteiger partial charge on any atom is 0.339 e. The minimum Gasteiger partial charge on any atom is -0.445 e. The Morgan fingerprint density at radius 2 is 2.04 bits per heavy atom. The first-order valence-electron chi connectivity index (χ1n) is 8.66. The third-order valence-corrected chi connectivity index (χ3v) is 5.95. The van der Waals surface area contributed by atoms with Crippen molar-refractivity contribution < 1.29 is 14.3 Å². The van der Waals surface area contributed by atoms with Gasteiger partial charge in [-0.1, -0.05) is 24.6 Å². The molecule has 0 saturated carbocycles. The quantitative estimate of drug-likeness (QED) is 0.660. The van der Waals surface area contributed by atoms with Crippen LogP contribution in [-0.2, 0) is 28.8 Å². The number of nitrogens with zero attached hydrogens (tertiary/aromatic N) is 1. The zero-order valence-electron chi connectivity index (χ0n) is 14.1. The number of ether oxygens (including phenoxy) is 1. The summed E-state index contributed by atoms with van der Waals surface area (Å²) in [6.07, 6.45) is 5.93. The number of nitrogens with one attached hydrogen (secondary N) is 1. The van der Waals surface area contributed by atoms with E-state index in [0.29, 0.717) is 17.1 Å². The van der Waals surface area contributed by atoms with E-state index < -0.39 is 11.6 Å². The van der Waals surface area contributed by atoms with E-state index in [1.54, 1.807) is 30.4 Å². The molecule has 1 aromatic carbocycles. The Balaban J connectivity index is 1.54. The molecule has 1 aliphatic carbocycles. The van der Waals surface area contributed by atoms with Crippen LogP contribution in [0.1, 0.15) is 52.7 Å². The van der Waals surface area contributed by atoms with Crippen LogP contribution < -0.4 is 5.32 Å². The number of hydrogen-bond donors (Lipinski definition) is 1. The van der Waals surface area contributed by atoms with Crippen molar-refractivity contribution in [3.63, 3.8) is 0 Å². The number of anilines is 1. The summed E-state index contributed by atoms with van der Waals surface area (Å²) in [7, 11) is 0. The molecule has 2 heterocycles. The molecule has 1 amide bonds. The summed E-state index contributed by atoms with van der Waals surface area (Å²) in [6, 6.07) is 7.26. The SMILES string of the molecule is CC1(C(=O)Nc2nc3c(s2)CCCCC3)Cc2ccccc2C(=O)O1. The second-order valence-electron chi connectivity index (χ2n) is 6.86. The number of benzene rings is 1. The van der Waals surface area contributed by atoms with E-state index >= 15 is 0 Å². The number of esters is 1. The molecule has 2 aromatic rings. The largest absolute Gasteiger partial charge is 0.445 e. The van der Waals surface area contributed by atoms with E-state index in [2.05, 4.69) is 10.3 Å². The standard InChI is InChI=1S/C19H20N2O3S/c1-19(11-12-7-5-6-8-13(12)16(22)24-19)17(23)21-18-20-14-9-3-2-4-10-15(14)25-18/h5-8H,2-4,9-11H2,1H3,(H,20,21,23). The molecule has 0 saturated heterocycles. The molecule has 6 heteroatoms. The third-order valence-electron chi connectivity index (χ3n) is 4.88. The van der Waals surface area contributed by atoms with Crippen molar-refractivity contribution in [2.75, 3.05) is 5.32 Å². The van der Waals surface area contributed by atoms with Gasteiger partial charge in [0.05, 0.1) is 11.3 Å². The number of carbonyl (C=O) groups is 2. The van der Waals surface area contributed by atoms with E-state index in [9.17, 15) is 9.59 Å². The first-order valence-corrected chi connectivity index (χ1v) is 9.48. The van der Waals surface area contributed by atoms with E-state index in [-0.39, 0.29) is 5.91 Å². The maximum atomic E-state index is 12.8. The van der Waals surface area contributed by atoms with Crippen LogP contribution in [-0.4, -0.2) is 22.5 Å². The van der Waals surface area contributed by atoms with Crippen LogP contribution in [0.2, 0.25) is 0 Å². The molecule has 0 bridgehead atoms. The topological polar surface area (TPSA) is 68.3 Å². The molecule has 1 N–H and O–H groups in total. The Morgan fingerprint density at radius 1 is 1.24 bits per heavy atom. The van der Waals surface area contributed by atoms with Gasteiger partial charge in [-0.3, -0.25) is 10.1 Å². The molecule has 25 heavy (non-hydrogen) atoms. The second-order valence-corrected chi connectivity index (χ2v) is 7.94. The number of rotatable bonds is 2. The van der Waals surface area contributed by atoms with Crippen LogP contribution in [0, 0.1) is 0 Å². The molecule has 2 aliphatic rings. The average molecular weight is 356 g/mol. The summed E-state index contributed by atoms with van der Waals surface area (Å²) < 4.78 is 5.48. The van der Waals surface area contributed by atoms with Crippen LogP contribution in [0.4, 0.5) is 5.13 Å². The Labute approximate surface area is 150 Å². The molecule has 1 aliphatic heterocycles. The second kappa shape index (κ2) is 6.26. The molecule has 0 radical (unpaired) electrons. The summed E-state index contributed by atoms with van der Waals surface area (Å²) >= 11 is 1.54. The Kier molecular flexibility index (Phi) is 4.07. The summed E-state index contributed by atoms with van der Waals surface area (Å²) in [5.41, 5.74) is 1.27. The van der Waals surface area contributed by atoms with Gasteiger partial charge in [-0.05, 0) is 44.2 Å².